The third-order valence-corrected chi connectivity index (χ3v) is 3.39. The van der Waals surface area contributed by atoms with Crippen LogP contribution in [-0.4, -0.2) is 41.3 Å². The maximum Gasteiger partial charge on any atom is 0.320 e. The van der Waals surface area contributed by atoms with E-state index < -0.39 is 33.6 Å². The monoisotopic (exact) mass is 277 g/mol. The second-order valence-electron chi connectivity index (χ2n) is 4.48. The highest BCUT2D eigenvalue weighted by atomic mass is 32.2. The van der Waals surface area contributed by atoms with Gasteiger partial charge in [0.15, 0.2) is 5.92 Å². The van der Waals surface area contributed by atoms with Gasteiger partial charge >= 0.3 is 11.9 Å². The van der Waals surface area contributed by atoms with Crippen LogP contribution in [-0.2, 0) is 30.0 Å². The molecule has 0 aromatic carbocycles. The maximum absolute atomic E-state index is 11.6. The summed E-state index contributed by atoms with van der Waals surface area (Å²) in [5.41, 5.74) is 0. The number of carbonyl (C=O) groups excluding carboxylic acids is 2. The van der Waals surface area contributed by atoms with E-state index in [1.165, 1.54) is 20.4 Å². The molecule has 0 aromatic heterocycles. The van der Waals surface area contributed by atoms with Gasteiger partial charge < -0.3 is 9.47 Å². The Morgan fingerprint density at radius 2 is 1.67 bits per heavy atom. The van der Waals surface area contributed by atoms with Crippen molar-refractivity contribution in [2.75, 3.05) is 14.2 Å². The van der Waals surface area contributed by atoms with Crippen LogP contribution in [0.25, 0.3) is 0 Å². The van der Waals surface area contributed by atoms with E-state index in [0.717, 1.165) is 0 Å². The molecule has 18 heavy (non-hydrogen) atoms. The van der Waals surface area contributed by atoms with E-state index in [9.17, 15) is 13.8 Å². The van der Waals surface area contributed by atoms with Gasteiger partial charge in [0.05, 0.1) is 19.0 Å². The molecular weight excluding hydrogens is 258 g/mol. The molecule has 0 amide bonds. The summed E-state index contributed by atoms with van der Waals surface area (Å²) in [7, 11) is 0.948. The zero-order valence-electron chi connectivity index (χ0n) is 11.3. The van der Waals surface area contributed by atoms with Crippen molar-refractivity contribution in [3.8, 4) is 0 Å². The summed E-state index contributed by atoms with van der Waals surface area (Å²) in [6, 6.07) is 0. The van der Waals surface area contributed by atoms with Gasteiger partial charge in [0.2, 0.25) is 0 Å². The largest absolute Gasteiger partial charge is 0.468 e. The van der Waals surface area contributed by atoms with E-state index in [-0.39, 0.29) is 6.42 Å². The highest BCUT2D eigenvalue weighted by Crippen LogP contribution is 2.13. The quantitative estimate of drug-likeness (QED) is 0.423. The van der Waals surface area contributed by atoms with Crippen LogP contribution < -0.4 is 0 Å². The van der Waals surface area contributed by atoms with Crippen LogP contribution in [0.15, 0.2) is 4.40 Å². The minimum atomic E-state index is -1.42. The van der Waals surface area contributed by atoms with Crippen LogP contribution in [0.3, 0.4) is 0 Å². The van der Waals surface area contributed by atoms with E-state index in [4.69, 9.17) is 0 Å². The van der Waals surface area contributed by atoms with Crippen molar-refractivity contribution >= 4 is 29.1 Å². The van der Waals surface area contributed by atoms with Gasteiger partial charge in [-0.2, -0.15) is 4.40 Å². The van der Waals surface area contributed by atoms with Gasteiger partial charge in [0, 0.05) is 12.6 Å². The van der Waals surface area contributed by atoms with Crippen LogP contribution >= 0.6 is 0 Å². The maximum atomic E-state index is 11.6. The number of rotatable bonds is 5. The number of esters is 2. The Morgan fingerprint density at radius 1 is 1.22 bits per heavy atom. The number of carbonyl (C=O) groups is 2. The van der Waals surface area contributed by atoms with Crippen molar-refractivity contribution in [3.63, 3.8) is 0 Å². The van der Waals surface area contributed by atoms with E-state index in [2.05, 4.69) is 13.9 Å². The second kappa shape index (κ2) is 7.25. The lowest BCUT2D eigenvalue weighted by atomic mass is 10.1. The topological polar surface area (TPSA) is 82.0 Å². The van der Waals surface area contributed by atoms with Crippen molar-refractivity contribution in [2.45, 2.75) is 31.9 Å². The molecule has 0 fully saturated rings. The number of nitrogens with zero attached hydrogens (tertiary/aromatic N) is 1. The molecule has 0 bridgehead atoms. The number of methoxy groups -OCH3 is 2. The molecule has 0 saturated heterocycles. The first-order valence-corrected chi connectivity index (χ1v) is 6.45. The molecule has 0 spiro atoms. The minimum absolute atomic E-state index is 0.00116. The fraction of sp³-hybridized carbons (Fsp3) is 0.727. The summed E-state index contributed by atoms with van der Waals surface area (Å²) in [6.07, 6.45) is 1.29. The lowest BCUT2D eigenvalue weighted by Gasteiger charge is -2.13. The Morgan fingerprint density at radius 3 is 2.00 bits per heavy atom. The van der Waals surface area contributed by atoms with Gasteiger partial charge in [-0.25, -0.2) is 4.21 Å². The van der Waals surface area contributed by atoms with Gasteiger partial charge in [-0.05, 0) is 20.8 Å². The first-order chi connectivity index (χ1) is 8.23. The minimum Gasteiger partial charge on any atom is -0.468 e. The van der Waals surface area contributed by atoms with Crippen LogP contribution in [0.2, 0.25) is 0 Å². The zero-order chi connectivity index (χ0) is 14.3. The summed E-state index contributed by atoms with van der Waals surface area (Å²) in [4.78, 5) is 22.6. The smallest absolute Gasteiger partial charge is 0.320 e. The number of hydrogen-bond donors (Lipinski definition) is 0. The lowest BCUT2D eigenvalue weighted by Crippen LogP contribution is -2.27. The molecule has 0 N–H and O–H groups in total. The van der Waals surface area contributed by atoms with Crippen LogP contribution in [0.5, 0.6) is 0 Å². The third-order valence-electron chi connectivity index (χ3n) is 2.01. The van der Waals surface area contributed by atoms with Crippen molar-refractivity contribution in [1.29, 1.82) is 0 Å². The van der Waals surface area contributed by atoms with Crippen LogP contribution in [0.4, 0.5) is 0 Å². The van der Waals surface area contributed by atoms with Gasteiger partial charge in [-0.3, -0.25) is 9.59 Å². The summed E-state index contributed by atoms with van der Waals surface area (Å²) in [6.45, 7) is 5.33. The van der Waals surface area contributed by atoms with E-state index >= 15 is 0 Å². The van der Waals surface area contributed by atoms with Crippen molar-refractivity contribution < 1.29 is 23.3 Å². The molecule has 1 unspecified atom stereocenters. The predicted octanol–water partition coefficient (Wildman–Crippen LogP) is 0.872. The van der Waals surface area contributed by atoms with Crippen LogP contribution in [0.1, 0.15) is 27.2 Å². The molecule has 7 heteroatoms. The summed E-state index contributed by atoms with van der Waals surface area (Å²) in [5, 5.41) is 0. The molecule has 0 radical (unpaired) electrons. The van der Waals surface area contributed by atoms with Gasteiger partial charge in [0.1, 0.15) is 11.0 Å². The summed E-state index contributed by atoms with van der Waals surface area (Å²) < 4.78 is 23.9. The average molecular weight is 277 g/mol. The average Bonchev–Trinajstić information content (AvgIpc) is 2.31. The Kier molecular flexibility index (Phi) is 6.75. The molecule has 0 aromatic rings. The Hall–Kier alpha value is -1.24. The fourth-order valence-corrected chi connectivity index (χ4v) is 1.49. The van der Waals surface area contributed by atoms with E-state index in [1.807, 2.05) is 0 Å². The standard InChI is InChI=1S/C11H19NO5S/c1-11(2,3)18(15)12-7-6-8(9(13)16-4)10(14)17-5/h7-8H,6H2,1-5H3/b12-7+. The lowest BCUT2D eigenvalue weighted by molar-refractivity contribution is -0.158. The molecular formula is C11H19NO5S. The van der Waals surface area contributed by atoms with Gasteiger partial charge in [-0.1, -0.05) is 0 Å². The Labute approximate surface area is 109 Å². The van der Waals surface area contributed by atoms with Crippen molar-refractivity contribution in [1.82, 2.24) is 0 Å². The van der Waals surface area contributed by atoms with Gasteiger partial charge in [-0.15, -0.1) is 0 Å². The molecule has 0 aliphatic heterocycles. The van der Waals surface area contributed by atoms with E-state index in [0.29, 0.717) is 0 Å². The van der Waals surface area contributed by atoms with Crippen molar-refractivity contribution in [3.05, 3.63) is 0 Å². The summed E-state index contributed by atoms with van der Waals surface area (Å²) in [5.74, 6) is -2.47. The fourth-order valence-electron chi connectivity index (χ4n) is 0.947. The SMILES string of the molecule is COC(=O)C(C/C=N/S(=O)C(C)(C)C)C(=O)OC. The number of ether oxygens (including phenoxy) is 2. The molecule has 0 heterocycles. The first-order valence-electron chi connectivity index (χ1n) is 5.34. The summed E-state index contributed by atoms with van der Waals surface area (Å²) >= 11 is 0. The van der Waals surface area contributed by atoms with Gasteiger partial charge in [0.25, 0.3) is 0 Å². The predicted molar refractivity (Wildman–Crippen MR) is 68.5 cm³/mol. The first kappa shape index (κ1) is 16.8. The highest BCUT2D eigenvalue weighted by Gasteiger charge is 2.28. The molecule has 0 rings (SSSR count). The van der Waals surface area contributed by atoms with Crippen LogP contribution in [0, 0.1) is 5.92 Å². The highest BCUT2D eigenvalue weighted by molar-refractivity contribution is 7.85. The second-order valence-corrected chi connectivity index (χ2v) is 6.42. The molecule has 0 aliphatic rings. The Bertz CT molecular complexity index is 343. The molecule has 104 valence electrons. The normalized spacial score (nSPS) is 13.7. The molecule has 1 atom stereocenters. The zero-order valence-corrected chi connectivity index (χ0v) is 12.1. The molecule has 0 saturated carbocycles. The van der Waals surface area contributed by atoms with E-state index in [1.54, 1.807) is 20.8 Å². The molecule has 6 nitrogen and oxygen atoms in total. The Balaban J connectivity index is 4.63. The van der Waals surface area contributed by atoms with Crippen molar-refractivity contribution in [2.24, 2.45) is 10.3 Å². The third kappa shape index (κ3) is 5.39. The number of hydrogen-bond acceptors (Lipinski definition) is 5. The molecule has 0 aliphatic carbocycles.